The van der Waals surface area contributed by atoms with Gasteiger partial charge < -0.3 is 10.6 Å². The van der Waals surface area contributed by atoms with Crippen molar-refractivity contribution in [1.82, 2.24) is 24.6 Å². The first-order valence-corrected chi connectivity index (χ1v) is 12.0. The molecule has 0 aromatic carbocycles. The summed E-state index contributed by atoms with van der Waals surface area (Å²) in [5.41, 5.74) is 6.62. The van der Waals surface area contributed by atoms with Crippen molar-refractivity contribution in [2.24, 2.45) is 11.8 Å². The molecule has 1 saturated heterocycles. The van der Waals surface area contributed by atoms with Crippen LogP contribution in [0.2, 0.25) is 0 Å². The topological polar surface area (TPSA) is 63.2 Å². The first-order valence-electron chi connectivity index (χ1n) is 12.0. The van der Waals surface area contributed by atoms with Crippen LogP contribution in [0, 0.1) is 11.8 Å². The fourth-order valence-corrected chi connectivity index (χ4v) is 6.04. The molecule has 0 radical (unpaired) electrons. The van der Waals surface area contributed by atoms with Gasteiger partial charge >= 0.3 is 6.18 Å². The molecule has 5 rings (SSSR count). The summed E-state index contributed by atoms with van der Waals surface area (Å²) >= 11 is 0. The number of aromatic nitrogens is 3. The molecular weight excluding hydrogens is 429 g/mol. The molecule has 2 aromatic heterocycles. The van der Waals surface area contributed by atoms with E-state index in [2.05, 4.69) is 35.7 Å². The van der Waals surface area contributed by atoms with E-state index in [4.69, 9.17) is 10.8 Å². The van der Waals surface area contributed by atoms with Gasteiger partial charge in [0.15, 0.2) is 0 Å². The lowest BCUT2D eigenvalue weighted by Crippen LogP contribution is -2.37. The third-order valence-electron chi connectivity index (χ3n) is 7.81. The maximum absolute atomic E-state index is 13.3. The number of nitrogens with two attached hydrogens (primary N) is 1. The highest BCUT2D eigenvalue weighted by atomic mass is 19.4. The Morgan fingerprint density at radius 3 is 2.45 bits per heavy atom. The smallest absolute Gasteiger partial charge is 0.383 e. The lowest BCUT2D eigenvalue weighted by molar-refractivity contribution is -0.137. The van der Waals surface area contributed by atoms with E-state index in [9.17, 15) is 13.2 Å². The van der Waals surface area contributed by atoms with Crippen molar-refractivity contribution in [2.75, 3.05) is 39.0 Å². The largest absolute Gasteiger partial charge is 0.419 e. The van der Waals surface area contributed by atoms with Crippen molar-refractivity contribution in [2.45, 2.75) is 57.3 Å². The van der Waals surface area contributed by atoms with Gasteiger partial charge in [-0.05, 0) is 77.2 Å². The number of likely N-dealkylation sites (N-methyl/N-ethyl adjacent to an activating group) is 1. The third-order valence-corrected chi connectivity index (χ3v) is 7.81. The van der Waals surface area contributed by atoms with Crippen molar-refractivity contribution in [1.29, 1.82) is 0 Å². The first kappa shape index (κ1) is 22.7. The van der Waals surface area contributed by atoms with Crippen LogP contribution in [-0.2, 0) is 6.18 Å². The Labute approximate surface area is 192 Å². The SMILES string of the molecule is CC(C)n1nc(-c2cnc(N)c(C(F)(F)F)c2)cc1C1[C@H]2CC(N3CCCN(C)CC3)C[C@@H]12. The Kier molecular flexibility index (Phi) is 5.68. The monoisotopic (exact) mass is 462 g/mol. The van der Waals surface area contributed by atoms with Crippen LogP contribution in [0.25, 0.3) is 11.3 Å². The van der Waals surface area contributed by atoms with Crippen LogP contribution in [-0.4, -0.2) is 63.8 Å². The highest BCUT2D eigenvalue weighted by Crippen LogP contribution is 2.64. The summed E-state index contributed by atoms with van der Waals surface area (Å²) in [5, 5.41) is 4.70. The average Bonchev–Trinajstić information content (AvgIpc) is 3.08. The van der Waals surface area contributed by atoms with Crippen LogP contribution in [0.4, 0.5) is 19.0 Å². The molecule has 2 aliphatic carbocycles. The fourth-order valence-electron chi connectivity index (χ4n) is 6.04. The Bertz CT molecular complexity index is 1000. The molecule has 9 heteroatoms. The van der Waals surface area contributed by atoms with Gasteiger partial charge in [0.25, 0.3) is 0 Å². The lowest BCUT2D eigenvalue weighted by atomic mass is 10.0. The quantitative estimate of drug-likeness (QED) is 0.736. The molecule has 3 aliphatic rings. The molecule has 0 amide bonds. The maximum atomic E-state index is 13.3. The molecule has 4 atom stereocenters. The van der Waals surface area contributed by atoms with Crippen LogP contribution in [0.3, 0.4) is 0 Å². The zero-order valence-corrected chi connectivity index (χ0v) is 19.5. The van der Waals surface area contributed by atoms with Crippen LogP contribution in [0.15, 0.2) is 18.3 Å². The van der Waals surface area contributed by atoms with E-state index in [-0.39, 0.29) is 6.04 Å². The Hall–Kier alpha value is -2.13. The molecular formula is C24H33F3N6. The normalized spacial score (nSPS) is 28.8. The maximum Gasteiger partial charge on any atom is 0.419 e. The van der Waals surface area contributed by atoms with E-state index in [1.165, 1.54) is 38.5 Å². The third kappa shape index (κ3) is 4.25. The summed E-state index contributed by atoms with van der Waals surface area (Å²) in [6.07, 6.45) is 0.492. The predicted molar refractivity (Wildman–Crippen MR) is 122 cm³/mol. The van der Waals surface area contributed by atoms with Gasteiger partial charge in [-0.25, -0.2) is 4.98 Å². The molecule has 180 valence electrons. The Morgan fingerprint density at radius 1 is 1.06 bits per heavy atom. The minimum atomic E-state index is -4.54. The zero-order valence-electron chi connectivity index (χ0n) is 19.5. The zero-order chi connectivity index (χ0) is 23.5. The van der Waals surface area contributed by atoms with Crippen LogP contribution in [0.1, 0.15) is 56.3 Å². The highest BCUT2D eigenvalue weighted by Gasteiger charge is 2.58. The summed E-state index contributed by atoms with van der Waals surface area (Å²) in [6, 6.07) is 3.84. The number of halogens is 3. The molecule has 2 saturated carbocycles. The number of alkyl halides is 3. The van der Waals surface area contributed by atoms with Crippen LogP contribution >= 0.6 is 0 Å². The second kappa shape index (κ2) is 8.27. The van der Waals surface area contributed by atoms with Gasteiger partial charge in [0.05, 0.1) is 11.3 Å². The highest BCUT2D eigenvalue weighted by molar-refractivity contribution is 5.63. The number of rotatable bonds is 4. The van der Waals surface area contributed by atoms with Gasteiger partial charge in [0.1, 0.15) is 5.82 Å². The summed E-state index contributed by atoms with van der Waals surface area (Å²) in [7, 11) is 2.20. The van der Waals surface area contributed by atoms with Crippen molar-refractivity contribution < 1.29 is 13.2 Å². The Morgan fingerprint density at radius 2 is 1.79 bits per heavy atom. The lowest BCUT2D eigenvalue weighted by Gasteiger charge is -2.29. The second-order valence-corrected chi connectivity index (χ2v) is 10.3. The molecule has 3 heterocycles. The van der Waals surface area contributed by atoms with Gasteiger partial charge in [-0.1, -0.05) is 0 Å². The summed E-state index contributed by atoms with van der Waals surface area (Å²) in [4.78, 5) is 8.89. The van der Waals surface area contributed by atoms with Crippen molar-refractivity contribution in [3.63, 3.8) is 0 Å². The minimum absolute atomic E-state index is 0.135. The summed E-state index contributed by atoms with van der Waals surface area (Å²) < 4.78 is 42.0. The molecule has 6 nitrogen and oxygen atoms in total. The van der Waals surface area contributed by atoms with Gasteiger partial charge in [0, 0.05) is 48.5 Å². The van der Waals surface area contributed by atoms with E-state index >= 15 is 0 Å². The van der Waals surface area contributed by atoms with Crippen LogP contribution < -0.4 is 5.73 Å². The molecule has 0 bridgehead atoms. The number of hydrogen-bond donors (Lipinski definition) is 1. The number of nitrogens with zero attached hydrogens (tertiary/aromatic N) is 5. The van der Waals surface area contributed by atoms with E-state index in [0.717, 1.165) is 24.8 Å². The summed E-state index contributed by atoms with van der Waals surface area (Å²) in [5.74, 6) is 1.24. The van der Waals surface area contributed by atoms with Crippen molar-refractivity contribution in [3.8, 4) is 11.3 Å². The van der Waals surface area contributed by atoms with E-state index in [1.54, 1.807) is 0 Å². The number of hydrogen-bond acceptors (Lipinski definition) is 5. The minimum Gasteiger partial charge on any atom is -0.383 e. The number of fused-ring (bicyclic) bond motifs is 1. The molecule has 3 fully saturated rings. The van der Waals surface area contributed by atoms with E-state index in [0.29, 0.717) is 35.1 Å². The molecule has 1 aliphatic heterocycles. The standard InChI is InChI=1S/C24H33F3N6/c1-14(2)33-21(12-20(30-33)15-9-19(24(25,26)27)23(28)29-13-15)22-17-10-16(11-18(17)22)32-6-4-5-31(3)7-8-32/h9,12-14,16-18,22H,4-8,10-11H2,1-3H3,(H2,28,29)/t16?,17-,18+,22?. The molecule has 2 N–H and O–H groups in total. The van der Waals surface area contributed by atoms with Crippen LogP contribution in [0.5, 0.6) is 0 Å². The molecule has 2 unspecified atom stereocenters. The number of anilines is 1. The van der Waals surface area contributed by atoms with E-state index in [1.807, 2.05) is 10.7 Å². The first-order chi connectivity index (χ1) is 15.6. The molecule has 0 spiro atoms. The van der Waals surface area contributed by atoms with Gasteiger partial charge in [-0.15, -0.1) is 0 Å². The van der Waals surface area contributed by atoms with Gasteiger partial charge in [-0.3, -0.25) is 9.58 Å². The van der Waals surface area contributed by atoms with E-state index < -0.39 is 17.6 Å². The molecule has 2 aromatic rings. The van der Waals surface area contributed by atoms with Crippen molar-refractivity contribution >= 4 is 5.82 Å². The second-order valence-electron chi connectivity index (χ2n) is 10.3. The van der Waals surface area contributed by atoms with Gasteiger partial charge in [-0.2, -0.15) is 18.3 Å². The number of pyridine rings is 1. The van der Waals surface area contributed by atoms with Crippen molar-refractivity contribution in [3.05, 3.63) is 29.6 Å². The number of nitrogen functional groups attached to an aromatic ring is 1. The predicted octanol–water partition coefficient (Wildman–Crippen LogP) is 4.26. The van der Waals surface area contributed by atoms with Gasteiger partial charge in [0.2, 0.25) is 0 Å². The fraction of sp³-hybridized carbons (Fsp3) is 0.667. The molecule has 33 heavy (non-hydrogen) atoms. The average molecular weight is 463 g/mol. The summed E-state index contributed by atoms with van der Waals surface area (Å²) in [6.45, 7) is 8.76. The Balaban J connectivity index is 1.35.